The molecule has 0 aromatic carbocycles. The van der Waals surface area contributed by atoms with Gasteiger partial charge >= 0.3 is 0 Å². The van der Waals surface area contributed by atoms with E-state index in [1.54, 1.807) is 0 Å². The molecule has 0 amide bonds. The Balaban J connectivity index is 2.71. The van der Waals surface area contributed by atoms with Crippen LogP contribution in [0, 0.1) is 0 Å². The van der Waals surface area contributed by atoms with Crippen LogP contribution in [0.3, 0.4) is 0 Å². The SMILES string of the molecule is CCOC1=C(C)C(=O)CCC1. The van der Waals surface area contributed by atoms with Gasteiger partial charge in [0, 0.05) is 18.4 Å². The smallest absolute Gasteiger partial charge is 0.161 e. The minimum absolute atomic E-state index is 0.250. The van der Waals surface area contributed by atoms with Gasteiger partial charge in [0.25, 0.3) is 0 Å². The predicted molar refractivity (Wildman–Crippen MR) is 43.2 cm³/mol. The van der Waals surface area contributed by atoms with E-state index in [4.69, 9.17) is 4.74 Å². The molecule has 2 nitrogen and oxygen atoms in total. The summed E-state index contributed by atoms with van der Waals surface area (Å²) in [4.78, 5) is 11.1. The van der Waals surface area contributed by atoms with Crippen molar-refractivity contribution in [2.75, 3.05) is 6.61 Å². The maximum Gasteiger partial charge on any atom is 0.161 e. The fourth-order valence-electron chi connectivity index (χ4n) is 1.29. The van der Waals surface area contributed by atoms with Crippen LogP contribution < -0.4 is 0 Å². The number of Topliss-reactive ketones (excluding diaryl/α,β-unsaturated/α-hetero) is 1. The molecule has 0 saturated carbocycles. The van der Waals surface area contributed by atoms with Gasteiger partial charge in [0.15, 0.2) is 5.78 Å². The molecule has 0 N–H and O–H groups in total. The van der Waals surface area contributed by atoms with E-state index in [2.05, 4.69) is 0 Å². The van der Waals surface area contributed by atoms with Crippen LogP contribution in [0.1, 0.15) is 33.1 Å². The zero-order valence-electron chi connectivity index (χ0n) is 7.14. The van der Waals surface area contributed by atoms with Gasteiger partial charge in [-0.1, -0.05) is 0 Å². The summed E-state index contributed by atoms with van der Waals surface area (Å²) in [6.07, 6.45) is 2.58. The topological polar surface area (TPSA) is 26.3 Å². The van der Waals surface area contributed by atoms with Gasteiger partial charge in [-0.15, -0.1) is 0 Å². The van der Waals surface area contributed by atoms with E-state index in [0.717, 1.165) is 24.2 Å². The molecule has 0 spiro atoms. The molecule has 0 fully saturated rings. The van der Waals surface area contributed by atoms with Gasteiger partial charge in [0.2, 0.25) is 0 Å². The standard InChI is InChI=1S/C9H14O2/c1-3-11-9-6-4-5-8(10)7(9)2/h3-6H2,1-2H3. The zero-order chi connectivity index (χ0) is 8.27. The molecule has 1 aliphatic carbocycles. The van der Waals surface area contributed by atoms with E-state index in [1.807, 2.05) is 13.8 Å². The molecule has 11 heavy (non-hydrogen) atoms. The average Bonchev–Trinajstić information content (AvgIpc) is 1.99. The average molecular weight is 154 g/mol. The van der Waals surface area contributed by atoms with Crippen molar-refractivity contribution in [3.05, 3.63) is 11.3 Å². The molecule has 1 aliphatic rings. The Bertz CT molecular complexity index is 192. The van der Waals surface area contributed by atoms with Crippen molar-refractivity contribution in [2.45, 2.75) is 33.1 Å². The number of hydrogen-bond donors (Lipinski definition) is 0. The molecule has 0 aromatic heterocycles. The molecule has 0 aromatic rings. The van der Waals surface area contributed by atoms with Crippen LogP contribution >= 0.6 is 0 Å². The first kappa shape index (κ1) is 8.31. The number of ketones is 1. The molecule has 62 valence electrons. The third-order valence-corrected chi connectivity index (χ3v) is 1.96. The predicted octanol–water partition coefficient (Wildman–Crippen LogP) is 2.05. The van der Waals surface area contributed by atoms with Gasteiger partial charge in [0.05, 0.1) is 6.61 Å². The Kier molecular flexibility index (Phi) is 2.69. The van der Waals surface area contributed by atoms with Crippen molar-refractivity contribution in [3.63, 3.8) is 0 Å². The third-order valence-electron chi connectivity index (χ3n) is 1.96. The Hall–Kier alpha value is -0.790. The highest BCUT2D eigenvalue weighted by Gasteiger charge is 2.16. The lowest BCUT2D eigenvalue weighted by molar-refractivity contribution is -0.116. The second-order valence-electron chi connectivity index (χ2n) is 2.76. The van der Waals surface area contributed by atoms with Crippen molar-refractivity contribution >= 4 is 5.78 Å². The van der Waals surface area contributed by atoms with Gasteiger partial charge in [0.1, 0.15) is 5.76 Å². The number of ether oxygens (including phenoxy) is 1. The number of carbonyl (C=O) groups excluding carboxylic acids is 1. The van der Waals surface area contributed by atoms with Crippen molar-refractivity contribution in [2.24, 2.45) is 0 Å². The lowest BCUT2D eigenvalue weighted by Crippen LogP contribution is -2.11. The highest BCUT2D eigenvalue weighted by molar-refractivity contribution is 5.95. The molecule has 0 atom stereocenters. The summed E-state index contributed by atoms with van der Waals surface area (Å²) in [7, 11) is 0. The molecule has 0 radical (unpaired) electrons. The lowest BCUT2D eigenvalue weighted by Gasteiger charge is -2.16. The number of allylic oxidation sites excluding steroid dienone is 2. The maximum absolute atomic E-state index is 11.1. The van der Waals surface area contributed by atoms with Crippen LogP contribution in [0.5, 0.6) is 0 Å². The Morgan fingerprint density at radius 2 is 2.18 bits per heavy atom. The van der Waals surface area contributed by atoms with E-state index < -0.39 is 0 Å². The van der Waals surface area contributed by atoms with E-state index in [0.29, 0.717) is 13.0 Å². The summed E-state index contributed by atoms with van der Waals surface area (Å²) in [5.41, 5.74) is 0.832. The van der Waals surface area contributed by atoms with Crippen molar-refractivity contribution in [1.82, 2.24) is 0 Å². The molecular formula is C9H14O2. The fraction of sp³-hybridized carbons (Fsp3) is 0.667. The Labute approximate surface area is 67.2 Å². The van der Waals surface area contributed by atoms with Gasteiger partial charge in [-0.2, -0.15) is 0 Å². The molecule has 2 heteroatoms. The summed E-state index contributed by atoms with van der Waals surface area (Å²) >= 11 is 0. The summed E-state index contributed by atoms with van der Waals surface area (Å²) in [6, 6.07) is 0. The highest BCUT2D eigenvalue weighted by Crippen LogP contribution is 2.22. The largest absolute Gasteiger partial charge is 0.498 e. The van der Waals surface area contributed by atoms with Crippen LogP contribution in [0.4, 0.5) is 0 Å². The van der Waals surface area contributed by atoms with Crippen LogP contribution in [0.2, 0.25) is 0 Å². The van der Waals surface area contributed by atoms with Crippen LogP contribution in [-0.2, 0) is 9.53 Å². The van der Waals surface area contributed by atoms with Crippen LogP contribution in [-0.4, -0.2) is 12.4 Å². The van der Waals surface area contributed by atoms with Crippen molar-refractivity contribution < 1.29 is 9.53 Å². The second-order valence-corrected chi connectivity index (χ2v) is 2.76. The lowest BCUT2D eigenvalue weighted by atomic mass is 9.98. The molecule has 1 rings (SSSR count). The summed E-state index contributed by atoms with van der Waals surface area (Å²) < 4.78 is 5.32. The Morgan fingerprint density at radius 3 is 2.82 bits per heavy atom. The molecule has 0 unspecified atom stereocenters. The summed E-state index contributed by atoms with van der Waals surface area (Å²) in [6.45, 7) is 4.46. The first-order valence-electron chi connectivity index (χ1n) is 4.11. The maximum atomic E-state index is 11.1. The fourth-order valence-corrected chi connectivity index (χ4v) is 1.29. The monoisotopic (exact) mass is 154 g/mol. The van der Waals surface area contributed by atoms with Crippen molar-refractivity contribution in [3.8, 4) is 0 Å². The minimum atomic E-state index is 0.250. The molecule has 0 bridgehead atoms. The molecule has 0 heterocycles. The van der Waals surface area contributed by atoms with E-state index in [9.17, 15) is 4.79 Å². The number of carbonyl (C=O) groups is 1. The Morgan fingerprint density at radius 1 is 1.45 bits per heavy atom. The number of hydrogen-bond acceptors (Lipinski definition) is 2. The van der Waals surface area contributed by atoms with Gasteiger partial charge in [-0.3, -0.25) is 4.79 Å². The first-order valence-corrected chi connectivity index (χ1v) is 4.11. The van der Waals surface area contributed by atoms with Crippen molar-refractivity contribution in [1.29, 1.82) is 0 Å². The second kappa shape index (κ2) is 3.56. The number of rotatable bonds is 2. The molecular weight excluding hydrogens is 140 g/mol. The first-order chi connectivity index (χ1) is 5.25. The van der Waals surface area contributed by atoms with Gasteiger partial charge in [-0.05, 0) is 20.3 Å². The normalized spacial score (nSPS) is 18.9. The van der Waals surface area contributed by atoms with E-state index in [1.165, 1.54) is 0 Å². The van der Waals surface area contributed by atoms with E-state index in [-0.39, 0.29) is 5.78 Å². The molecule has 0 aliphatic heterocycles. The minimum Gasteiger partial charge on any atom is -0.498 e. The van der Waals surface area contributed by atoms with Crippen LogP contribution in [0.15, 0.2) is 11.3 Å². The quantitative estimate of drug-likeness (QED) is 0.608. The molecule has 0 saturated heterocycles. The van der Waals surface area contributed by atoms with Gasteiger partial charge < -0.3 is 4.74 Å². The van der Waals surface area contributed by atoms with E-state index >= 15 is 0 Å². The zero-order valence-corrected chi connectivity index (χ0v) is 7.14. The highest BCUT2D eigenvalue weighted by atomic mass is 16.5. The van der Waals surface area contributed by atoms with Gasteiger partial charge in [-0.25, -0.2) is 0 Å². The summed E-state index contributed by atoms with van der Waals surface area (Å²) in [5.74, 6) is 1.16. The summed E-state index contributed by atoms with van der Waals surface area (Å²) in [5, 5.41) is 0. The van der Waals surface area contributed by atoms with Crippen LogP contribution in [0.25, 0.3) is 0 Å². The third kappa shape index (κ3) is 1.82.